The molecule has 24 heavy (non-hydrogen) atoms. The predicted octanol–water partition coefficient (Wildman–Crippen LogP) is 2.24. The summed E-state index contributed by atoms with van der Waals surface area (Å²) in [5, 5.41) is 0. The van der Waals surface area contributed by atoms with Gasteiger partial charge in [-0.3, -0.25) is 14.7 Å². The van der Waals surface area contributed by atoms with Gasteiger partial charge in [0, 0.05) is 18.7 Å². The third-order valence-electron chi connectivity index (χ3n) is 4.24. The molecule has 2 heterocycles. The number of carbonyl (C=O) groups is 1. The fourth-order valence-electron chi connectivity index (χ4n) is 3.05. The van der Waals surface area contributed by atoms with Crippen molar-refractivity contribution in [3.63, 3.8) is 0 Å². The molecule has 6 nitrogen and oxygen atoms in total. The molecule has 2 aromatic rings. The van der Waals surface area contributed by atoms with Crippen LogP contribution in [-0.4, -0.2) is 40.4 Å². The molecule has 0 spiro atoms. The van der Waals surface area contributed by atoms with Crippen molar-refractivity contribution >= 4 is 5.91 Å². The molecule has 126 valence electrons. The van der Waals surface area contributed by atoms with Gasteiger partial charge in [-0.15, -0.1) is 0 Å². The lowest BCUT2D eigenvalue weighted by atomic mass is 9.95. The molecule has 0 saturated carbocycles. The summed E-state index contributed by atoms with van der Waals surface area (Å²) in [5.41, 5.74) is 7.25. The van der Waals surface area contributed by atoms with Crippen molar-refractivity contribution in [1.29, 1.82) is 0 Å². The van der Waals surface area contributed by atoms with E-state index in [1.54, 1.807) is 12.4 Å². The molecule has 1 amide bonds. The lowest BCUT2D eigenvalue weighted by molar-refractivity contribution is -0.119. The highest BCUT2D eigenvalue weighted by atomic mass is 16.5. The number of para-hydroxylation sites is 1. The number of rotatable bonds is 5. The van der Waals surface area contributed by atoms with Crippen molar-refractivity contribution in [2.75, 3.05) is 19.6 Å². The van der Waals surface area contributed by atoms with Crippen molar-refractivity contribution in [1.82, 2.24) is 14.9 Å². The van der Waals surface area contributed by atoms with Crippen molar-refractivity contribution in [3.05, 3.63) is 47.9 Å². The van der Waals surface area contributed by atoms with Gasteiger partial charge in [0.05, 0.1) is 18.4 Å². The summed E-state index contributed by atoms with van der Waals surface area (Å²) >= 11 is 0. The molecule has 3 rings (SSSR count). The largest absolute Gasteiger partial charge is 0.437 e. The average molecular weight is 326 g/mol. The number of primary amides is 1. The van der Waals surface area contributed by atoms with Gasteiger partial charge in [0.2, 0.25) is 11.8 Å². The number of ether oxygens (including phenoxy) is 1. The monoisotopic (exact) mass is 326 g/mol. The topological polar surface area (TPSA) is 81.3 Å². The van der Waals surface area contributed by atoms with Crippen LogP contribution < -0.4 is 10.5 Å². The molecule has 1 aromatic heterocycles. The summed E-state index contributed by atoms with van der Waals surface area (Å²) in [6.07, 6.45) is 5.45. The van der Waals surface area contributed by atoms with Gasteiger partial charge in [0.15, 0.2) is 0 Å². The lowest BCUT2D eigenvalue weighted by Crippen LogP contribution is -2.40. The van der Waals surface area contributed by atoms with Gasteiger partial charge in [-0.05, 0) is 37.9 Å². The summed E-state index contributed by atoms with van der Waals surface area (Å²) in [4.78, 5) is 22.1. The Labute approximate surface area is 141 Å². The highest BCUT2D eigenvalue weighted by Gasteiger charge is 2.23. The van der Waals surface area contributed by atoms with E-state index in [2.05, 4.69) is 14.9 Å². The minimum atomic E-state index is -0.293. The third-order valence-corrected chi connectivity index (χ3v) is 4.24. The van der Waals surface area contributed by atoms with Gasteiger partial charge < -0.3 is 10.5 Å². The van der Waals surface area contributed by atoms with Gasteiger partial charge in [0.1, 0.15) is 5.75 Å². The Morgan fingerprint density at radius 3 is 3.00 bits per heavy atom. The van der Waals surface area contributed by atoms with Crippen LogP contribution >= 0.6 is 0 Å². The van der Waals surface area contributed by atoms with Crippen LogP contribution in [0.2, 0.25) is 0 Å². The Hall–Kier alpha value is -2.47. The summed E-state index contributed by atoms with van der Waals surface area (Å²) in [6.45, 7) is 3.95. The van der Waals surface area contributed by atoms with Crippen molar-refractivity contribution in [2.24, 2.45) is 5.73 Å². The first-order valence-corrected chi connectivity index (χ1v) is 8.18. The third kappa shape index (κ3) is 4.08. The van der Waals surface area contributed by atoms with Crippen LogP contribution in [0.1, 0.15) is 30.0 Å². The number of nitrogens with two attached hydrogens (primary N) is 1. The van der Waals surface area contributed by atoms with Gasteiger partial charge >= 0.3 is 0 Å². The van der Waals surface area contributed by atoms with Crippen molar-refractivity contribution in [3.8, 4) is 11.6 Å². The predicted molar refractivity (Wildman–Crippen MR) is 90.9 cm³/mol. The fraction of sp³-hybridized carbons (Fsp3) is 0.389. The second-order valence-electron chi connectivity index (χ2n) is 6.19. The summed E-state index contributed by atoms with van der Waals surface area (Å²) in [7, 11) is 0. The number of nitrogens with zero attached hydrogens (tertiary/aromatic N) is 3. The SMILES string of the molecule is Cc1ccccc1Oc1cncc([C@@H]2CCCN(CC(N)=O)C2)n1. The van der Waals surface area contributed by atoms with Crippen LogP contribution in [0.4, 0.5) is 0 Å². The zero-order valence-corrected chi connectivity index (χ0v) is 13.8. The number of amides is 1. The molecule has 1 aliphatic rings. The van der Waals surface area contributed by atoms with E-state index < -0.39 is 0 Å². The van der Waals surface area contributed by atoms with E-state index in [1.807, 2.05) is 31.2 Å². The lowest BCUT2D eigenvalue weighted by Gasteiger charge is -2.31. The van der Waals surface area contributed by atoms with E-state index >= 15 is 0 Å². The molecule has 1 aliphatic heterocycles. The van der Waals surface area contributed by atoms with Crippen LogP contribution in [0.15, 0.2) is 36.7 Å². The quantitative estimate of drug-likeness (QED) is 0.911. The van der Waals surface area contributed by atoms with E-state index in [1.165, 1.54) is 0 Å². The van der Waals surface area contributed by atoms with E-state index in [0.717, 1.165) is 42.9 Å². The normalized spacial score (nSPS) is 18.3. The van der Waals surface area contributed by atoms with Crippen molar-refractivity contribution in [2.45, 2.75) is 25.7 Å². The van der Waals surface area contributed by atoms with Crippen LogP contribution in [0.25, 0.3) is 0 Å². The van der Waals surface area contributed by atoms with E-state index in [-0.39, 0.29) is 11.8 Å². The molecular formula is C18H22N4O2. The van der Waals surface area contributed by atoms with Crippen LogP contribution in [0.5, 0.6) is 11.6 Å². The van der Waals surface area contributed by atoms with E-state index in [4.69, 9.17) is 10.5 Å². The minimum Gasteiger partial charge on any atom is -0.437 e. The van der Waals surface area contributed by atoms with Gasteiger partial charge in [-0.2, -0.15) is 0 Å². The number of piperidine rings is 1. The average Bonchev–Trinajstić information content (AvgIpc) is 2.57. The molecule has 6 heteroatoms. The molecule has 1 saturated heterocycles. The zero-order valence-electron chi connectivity index (χ0n) is 13.8. The van der Waals surface area contributed by atoms with Gasteiger partial charge in [0.25, 0.3) is 0 Å². The zero-order chi connectivity index (χ0) is 16.9. The Morgan fingerprint density at radius 2 is 2.21 bits per heavy atom. The molecule has 0 radical (unpaired) electrons. The minimum absolute atomic E-state index is 0.242. The molecule has 1 atom stereocenters. The molecule has 0 aliphatic carbocycles. The number of aromatic nitrogens is 2. The highest BCUT2D eigenvalue weighted by Crippen LogP contribution is 2.28. The Morgan fingerprint density at radius 1 is 1.38 bits per heavy atom. The van der Waals surface area contributed by atoms with E-state index in [0.29, 0.717) is 12.4 Å². The van der Waals surface area contributed by atoms with Gasteiger partial charge in [-0.1, -0.05) is 18.2 Å². The number of aryl methyl sites for hydroxylation is 1. The summed E-state index contributed by atoms with van der Waals surface area (Å²) in [6, 6.07) is 7.82. The number of hydrogen-bond acceptors (Lipinski definition) is 5. The number of carbonyl (C=O) groups excluding carboxylic acids is 1. The standard InChI is InChI=1S/C18H22N4O2/c1-13-5-2-3-7-16(13)24-18-10-20-9-15(21-18)14-6-4-8-22(11-14)12-17(19)23/h2-3,5,7,9-10,14H,4,6,8,11-12H2,1H3,(H2,19,23)/t14-/m1/s1. The Kier molecular flexibility index (Phi) is 5.05. The molecule has 2 N–H and O–H groups in total. The van der Waals surface area contributed by atoms with Crippen molar-refractivity contribution < 1.29 is 9.53 Å². The second-order valence-corrected chi connectivity index (χ2v) is 6.19. The second kappa shape index (κ2) is 7.40. The van der Waals surface area contributed by atoms with Crippen LogP contribution in [-0.2, 0) is 4.79 Å². The van der Waals surface area contributed by atoms with E-state index in [9.17, 15) is 4.79 Å². The smallest absolute Gasteiger partial charge is 0.238 e. The molecular weight excluding hydrogens is 304 g/mol. The first kappa shape index (κ1) is 16.4. The highest BCUT2D eigenvalue weighted by molar-refractivity contribution is 5.75. The number of benzene rings is 1. The Bertz CT molecular complexity index is 720. The van der Waals surface area contributed by atoms with Gasteiger partial charge in [-0.25, -0.2) is 4.98 Å². The molecule has 1 aromatic carbocycles. The van der Waals surface area contributed by atoms with Crippen LogP contribution in [0, 0.1) is 6.92 Å². The van der Waals surface area contributed by atoms with Crippen LogP contribution in [0.3, 0.4) is 0 Å². The first-order chi connectivity index (χ1) is 11.6. The summed E-state index contributed by atoms with van der Waals surface area (Å²) in [5.74, 6) is 1.22. The Balaban J connectivity index is 1.73. The molecule has 0 unspecified atom stereocenters. The molecule has 1 fully saturated rings. The molecule has 0 bridgehead atoms. The maximum Gasteiger partial charge on any atom is 0.238 e. The number of likely N-dealkylation sites (tertiary alicyclic amines) is 1. The fourth-order valence-corrected chi connectivity index (χ4v) is 3.05. The first-order valence-electron chi connectivity index (χ1n) is 8.18. The maximum atomic E-state index is 11.1. The number of hydrogen-bond donors (Lipinski definition) is 1. The maximum absolute atomic E-state index is 11.1. The summed E-state index contributed by atoms with van der Waals surface area (Å²) < 4.78 is 5.87.